The van der Waals surface area contributed by atoms with Gasteiger partial charge in [0.2, 0.25) is 0 Å². The summed E-state index contributed by atoms with van der Waals surface area (Å²) in [6, 6.07) is 5.74. The average Bonchev–Trinajstić information content (AvgIpc) is 2.80. The fourth-order valence-electron chi connectivity index (χ4n) is 1.87. The first-order valence-electron chi connectivity index (χ1n) is 6.54. The van der Waals surface area contributed by atoms with E-state index in [2.05, 4.69) is 4.98 Å². The van der Waals surface area contributed by atoms with E-state index in [9.17, 15) is 9.18 Å². The number of aromatic nitrogens is 1. The minimum atomic E-state index is -0.869. The molecular formula is C15H16FNO3S. The third-order valence-electron chi connectivity index (χ3n) is 2.81. The van der Waals surface area contributed by atoms with Crippen LogP contribution in [0.25, 0.3) is 0 Å². The molecular weight excluding hydrogens is 293 g/mol. The molecule has 0 aliphatic heterocycles. The van der Waals surface area contributed by atoms with E-state index >= 15 is 0 Å². The van der Waals surface area contributed by atoms with E-state index in [0.717, 1.165) is 15.6 Å². The molecule has 0 aliphatic carbocycles. The molecule has 0 amide bonds. The smallest absolute Gasteiger partial charge is 0.308 e. The van der Waals surface area contributed by atoms with Gasteiger partial charge in [-0.1, -0.05) is 13.8 Å². The van der Waals surface area contributed by atoms with Crippen molar-refractivity contribution in [1.82, 2.24) is 4.98 Å². The summed E-state index contributed by atoms with van der Waals surface area (Å²) in [7, 11) is 0. The zero-order chi connectivity index (χ0) is 15.4. The first-order valence-corrected chi connectivity index (χ1v) is 7.36. The zero-order valence-electron chi connectivity index (χ0n) is 11.8. The highest BCUT2D eigenvalue weighted by Gasteiger charge is 2.16. The second kappa shape index (κ2) is 6.67. The van der Waals surface area contributed by atoms with E-state index in [1.54, 1.807) is 12.1 Å². The summed E-state index contributed by atoms with van der Waals surface area (Å²) < 4.78 is 18.3. The Morgan fingerprint density at radius 2 is 2.05 bits per heavy atom. The van der Waals surface area contributed by atoms with E-state index in [4.69, 9.17) is 9.84 Å². The van der Waals surface area contributed by atoms with Crippen molar-refractivity contribution in [1.29, 1.82) is 0 Å². The number of carbonyl (C=O) groups is 1. The minimum absolute atomic E-state index is 0.0261. The fourth-order valence-corrected chi connectivity index (χ4v) is 2.99. The summed E-state index contributed by atoms with van der Waals surface area (Å²) in [6.45, 7) is 4.20. The molecule has 0 bridgehead atoms. The highest BCUT2D eigenvalue weighted by Crippen LogP contribution is 2.26. The van der Waals surface area contributed by atoms with Crippen LogP contribution in [0.3, 0.4) is 0 Å². The van der Waals surface area contributed by atoms with E-state index in [1.165, 1.54) is 23.5 Å². The van der Waals surface area contributed by atoms with Crippen molar-refractivity contribution in [2.45, 2.75) is 32.8 Å². The predicted octanol–water partition coefficient (Wildman–Crippen LogP) is 3.61. The number of hydrogen-bond acceptors (Lipinski definition) is 4. The monoisotopic (exact) mass is 309 g/mol. The predicted molar refractivity (Wildman–Crippen MR) is 78.3 cm³/mol. The van der Waals surface area contributed by atoms with Gasteiger partial charge in [-0.05, 0) is 30.2 Å². The molecule has 21 heavy (non-hydrogen) atoms. The number of nitrogens with zero attached hydrogens (tertiary/aromatic N) is 1. The number of thiazole rings is 1. The molecule has 1 aromatic carbocycles. The molecule has 0 unspecified atom stereocenters. The number of carboxylic acids is 1. The van der Waals surface area contributed by atoms with Crippen LogP contribution in [0, 0.1) is 5.82 Å². The lowest BCUT2D eigenvalue weighted by Crippen LogP contribution is -2.02. The fraction of sp³-hybridized carbons (Fsp3) is 0.333. The average molecular weight is 309 g/mol. The summed E-state index contributed by atoms with van der Waals surface area (Å²) >= 11 is 1.35. The molecule has 4 nitrogen and oxygen atoms in total. The lowest BCUT2D eigenvalue weighted by molar-refractivity contribution is -0.136. The Balaban J connectivity index is 2.09. The Morgan fingerprint density at radius 1 is 1.38 bits per heavy atom. The normalized spacial score (nSPS) is 10.9. The number of rotatable bonds is 6. The zero-order valence-corrected chi connectivity index (χ0v) is 12.6. The quantitative estimate of drug-likeness (QED) is 0.885. The van der Waals surface area contributed by atoms with Gasteiger partial charge in [-0.2, -0.15) is 0 Å². The Morgan fingerprint density at radius 3 is 2.62 bits per heavy atom. The van der Waals surface area contributed by atoms with Crippen LogP contribution in [0.1, 0.15) is 35.3 Å². The number of carboxylic acid groups (broad SMARTS) is 1. The van der Waals surface area contributed by atoms with Gasteiger partial charge in [0.1, 0.15) is 23.2 Å². The second-order valence-electron chi connectivity index (χ2n) is 4.88. The van der Waals surface area contributed by atoms with Gasteiger partial charge in [0.25, 0.3) is 0 Å². The van der Waals surface area contributed by atoms with E-state index < -0.39 is 5.97 Å². The van der Waals surface area contributed by atoms with Crippen LogP contribution in [0.4, 0.5) is 4.39 Å². The van der Waals surface area contributed by atoms with E-state index in [0.29, 0.717) is 5.75 Å². The number of halogens is 1. The maximum atomic E-state index is 12.8. The number of benzene rings is 1. The van der Waals surface area contributed by atoms with Gasteiger partial charge < -0.3 is 9.84 Å². The SMILES string of the molecule is CC(C)c1nc(COc2ccc(F)cc2)sc1CC(=O)O. The molecule has 1 aromatic heterocycles. The molecule has 2 rings (SSSR count). The molecule has 0 fully saturated rings. The first kappa shape index (κ1) is 15.4. The van der Waals surface area contributed by atoms with Crippen LogP contribution < -0.4 is 4.74 Å². The van der Waals surface area contributed by atoms with Crippen molar-refractivity contribution in [3.63, 3.8) is 0 Å². The molecule has 0 saturated heterocycles. The first-order chi connectivity index (χ1) is 9.95. The molecule has 2 aromatic rings. The lowest BCUT2D eigenvalue weighted by atomic mass is 10.1. The summed E-state index contributed by atoms with van der Waals surface area (Å²) in [5, 5.41) is 9.65. The lowest BCUT2D eigenvalue weighted by Gasteiger charge is -2.03. The van der Waals surface area contributed by atoms with Gasteiger partial charge in [0.05, 0.1) is 12.1 Å². The summed E-state index contributed by atoms with van der Waals surface area (Å²) in [5.41, 5.74) is 0.806. The van der Waals surface area contributed by atoms with Crippen molar-refractivity contribution in [3.8, 4) is 5.75 Å². The number of aliphatic carboxylic acids is 1. The molecule has 0 atom stereocenters. The van der Waals surface area contributed by atoms with Gasteiger partial charge >= 0.3 is 5.97 Å². The topological polar surface area (TPSA) is 59.4 Å². The summed E-state index contributed by atoms with van der Waals surface area (Å²) in [4.78, 5) is 16.1. The summed E-state index contributed by atoms with van der Waals surface area (Å²) in [5.74, 6) is -0.471. The van der Waals surface area contributed by atoms with Crippen molar-refractivity contribution in [2.24, 2.45) is 0 Å². The third kappa shape index (κ3) is 4.26. The standard InChI is InChI=1S/C15H16FNO3S/c1-9(2)15-12(7-14(18)19)21-13(17-15)8-20-11-5-3-10(16)4-6-11/h3-6,9H,7-8H2,1-2H3,(H,18,19). The van der Waals surface area contributed by atoms with Gasteiger partial charge in [-0.25, -0.2) is 9.37 Å². The molecule has 0 spiro atoms. The van der Waals surface area contributed by atoms with Gasteiger partial charge in [-0.15, -0.1) is 11.3 Å². The molecule has 6 heteroatoms. The maximum Gasteiger partial charge on any atom is 0.308 e. The molecule has 1 heterocycles. The molecule has 1 N–H and O–H groups in total. The maximum absolute atomic E-state index is 12.8. The molecule has 112 valence electrons. The molecule has 0 saturated carbocycles. The van der Waals surface area contributed by atoms with Crippen LogP contribution >= 0.6 is 11.3 Å². The Labute approximate surface area is 126 Å². The largest absolute Gasteiger partial charge is 0.486 e. The van der Waals surface area contributed by atoms with Crippen molar-refractivity contribution >= 4 is 17.3 Å². The van der Waals surface area contributed by atoms with Crippen molar-refractivity contribution in [3.05, 3.63) is 45.7 Å². The molecule has 0 aliphatic rings. The van der Waals surface area contributed by atoms with Crippen LogP contribution in [0.5, 0.6) is 5.75 Å². The second-order valence-corrected chi connectivity index (χ2v) is 6.05. The van der Waals surface area contributed by atoms with Crippen LogP contribution in [0.2, 0.25) is 0 Å². The van der Waals surface area contributed by atoms with Crippen molar-refractivity contribution < 1.29 is 19.0 Å². The highest BCUT2D eigenvalue weighted by atomic mass is 32.1. The van der Waals surface area contributed by atoms with E-state index in [-0.39, 0.29) is 24.8 Å². The third-order valence-corrected chi connectivity index (χ3v) is 3.85. The van der Waals surface area contributed by atoms with Gasteiger partial charge in [0, 0.05) is 4.88 Å². The van der Waals surface area contributed by atoms with Gasteiger partial charge in [0.15, 0.2) is 0 Å². The number of ether oxygens (including phenoxy) is 1. The van der Waals surface area contributed by atoms with Crippen LogP contribution in [0.15, 0.2) is 24.3 Å². The summed E-state index contributed by atoms with van der Waals surface area (Å²) in [6.07, 6.45) is -0.0261. The van der Waals surface area contributed by atoms with E-state index in [1.807, 2.05) is 13.8 Å². The molecule has 0 radical (unpaired) electrons. The highest BCUT2D eigenvalue weighted by molar-refractivity contribution is 7.11. The Hall–Kier alpha value is -1.95. The van der Waals surface area contributed by atoms with Crippen LogP contribution in [-0.2, 0) is 17.8 Å². The van der Waals surface area contributed by atoms with Crippen molar-refractivity contribution in [2.75, 3.05) is 0 Å². The van der Waals surface area contributed by atoms with Crippen LogP contribution in [-0.4, -0.2) is 16.1 Å². The van der Waals surface area contributed by atoms with Gasteiger partial charge in [-0.3, -0.25) is 4.79 Å². The number of hydrogen-bond donors (Lipinski definition) is 1. The minimum Gasteiger partial charge on any atom is -0.486 e. The Kier molecular flexibility index (Phi) is 4.90. The Bertz CT molecular complexity index is 622.